The van der Waals surface area contributed by atoms with E-state index in [1.165, 1.54) is 0 Å². The van der Waals surface area contributed by atoms with Crippen LogP contribution >= 0.6 is 0 Å². The van der Waals surface area contributed by atoms with Crippen LogP contribution in [0.4, 0.5) is 0 Å². The molecule has 0 atom stereocenters. The molecule has 92 valence electrons. The molecule has 1 rings (SSSR count). The topological polar surface area (TPSA) is 66.4 Å². The Kier molecular flexibility index (Phi) is 4.26. The van der Waals surface area contributed by atoms with E-state index >= 15 is 0 Å². The molecule has 1 aromatic carbocycles. The predicted octanol–water partition coefficient (Wildman–Crippen LogP) is 1.93. The van der Waals surface area contributed by atoms with Crippen molar-refractivity contribution in [3.8, 4) is 0 Å². The van der Waals surface area contributed by atoms with E-state index in [2.05, 4.69) is 5.32 Å². The van der Waals surface area contributed by atoms with Crippen molar-refractivity contribution in [3.05, 3.63) is 34.9 Å². The van der Waals surface area contributed by atoms with Gasteiger partial charge in [0.1, 0.15) is 6.54 Å². The largest absolute Gasteiger partial charge is 0.480 e. The highest BCUT2D eigenvalue weighted by Gasteiger charge is 2.11. The number of aryl methyl sites for hydroxylation is 1. The molecule has 0 bridgehead atoms. The molecular weight excluding hydrogens is 218 g/mol. The smallest absolute Gasteiger partial charge is 0.322 e. The lowest BCUT2D eigenvalue weighted by Crippen LogP contribution is -2.29. The summed E-state index contributed by atoms with van der Waals surface area (Å²) in [7, 11) is 0. The van der Waals surface area contributed by atoms with Gasteiger partial charge in [-0.05, 0) is 30.0 Å². The van der Waals surface area contributed by atoms with Crippen LogP contribution in [0, 0.1) is 6.92 Å². The van der Waals surface area contributed by atoms with Crippen molar-refractivity contribution < 1.29 is 14.7 Å². The van der Waals surface area contributed by atoms with E-state index in [0.29, 0.717) is 11.5 Å². The molecular formula is C13H17NO3. The van der Waals surface area contributed by atoms with Gasteiger partial charge in [-0.25, -0.2) is 0 Å². The first-order valence-corrected chi connectivity index (χ1v) is 5.52. The normalized spacial score (nSPS) is 10.4. The molecule has 17 heavy (non-hydrogen) atoms. The van der Waals surface area contributed by atoms with Gasteiger partial charge in [-0.2, -0.15) is 0 Å². The molecule has 4 heteroatoms. The third kappa shape index (κ3) is 3.59. The Bertz CT molecular complexity index is 438. The standard InChI is InChI=1S/C13H17NO3/c1-8(2)10-5-4-9(3)11(6-10)13(17)14-7-12(15)16/h4-6,8H,7H2,1-3H3,(H,14,17)(H,15,16). The third-order valence-corrected chi connectivity index (χ3v) is 2.57. The number of aliphatic carboxylic acids is 1. The number of amides is 1. The Morgan fingerprint density at radius 3 is 2.53 bits per heavy atom. The summed E-state index contributed by atoms with van der Waals surface area (Å²) >= 11 is 0. The highest BCUT2D eigenvalue weighted by Crippen LogP contribution is 2.18. The molecule has 2 N–H and O–H groups in total. The average Bonchev–Trinajstić information content (AvgIpc) is 2.26. The van der Waals surface area contributed by atoms with Gasteiger partial charge in [-0.3, -0.25) is 9.59 Å². The van der Waals surface area contributed by atoms with Crippen molar-refractivity contribution >= 4 is 11.9 Å². The zero-order valence-electron chi connectivity index (χ0n) is 10.3. The zero-order valence-corrected chi connectivity index (χ0v) is 10.3. The maximum absolute atomic E-state index is 11.8. The maximum atomic E-state index is 11.8. The molecule has 1 amide bonds. The van der Waals surface area contributed by atoms with E-state index in [1.807, 2.05) is 39.0 Å². The summed E-state index contributed by atoms with van der Waals surface area (Å²) in [5, 5.41) is 10.9. The molecule has 0 saturated carbocycles. The van der Waals surface area contributed by atoms with E-state index in [4.69, 9.17) is 5.11 Å². The summed E-state index contributed by atoms with van der Waals surface area (Å²) in [4.78, 5) is 22.2. The van der Waals surface area contributed by atoms with Gasteiger partial charge in [0, 0.05) is 5.56 Å². The molecule has 1 aromatic rings. The number of nitrogens with one attached hydrogen (secondary N) is 1. The Hall–Kier alpha value is -1.84. The van der Waals surface area contributed by atoms with Crippen molar-refractivity contribution in [1.29, 1.82) is 0 Å². The lowest BCUT2D eigenvalue weighted by atomic mass is 9.97. The van der Waals surface area contributed by atoms with E-state index in [1.54, 1.807) is 0 Å². The van der Waals surface area contributed by atoms with Crippen LogP contribution in [-0.4, -0.2) is 23.5 Å². The fourth-order valence-corrected chi connectivity index (χ4v) is 1.49. The summed E-state index contributed by atoms with van der Waals surface area (Å²) in [5.74, 6) is -1.05. The molecule has 0 unspecified atom stereocenters. The minimum atomic E-state index is -1.05. The number of hydrogen-bond donors (Lipinski definition) is 2. The molecule has 0 aromatic heterocycles. The van der Waals surface area contributed by atoms with E-state index < -0.39 is 5.97 Å². The fraction of sp³-hybridized carbons (Fsp3) is 0.385. The van der Waals surface area contributed by atoms with Crippen LogP contribution in [-0.2, 0) is 4.79 Å². The molecule has 0 saturated heterocycles. The van der Waals surface area contributed by atoms with E-state index in [9.17, 15) is 9.59 Å². The Morgan fingerprint density at radius 2 is 2.00 bits per heavy atom. The van der Waals surface area contributed by atoms with Crippen LogP contribution in [0.15, 0.2) is 18.2 Å². The molecule has 0 radical (unpaired) electrons. The third-order valence-electron chi connectivity index (χ3n) is 2.57. The number of rotatable bonds is 4. The molecule has 4 nitrogen and oxygen atoms in total. The Morgan fingerprint density at radius 1 is 1.35 bits per heavy atom. The lowest BCUT2D eigenvalue weighted by Gasteiger charge is -2.10. The van der Waals surface area contributed by atoms with Gasteiger partial charge >= 0.3 is 5.97 Å². The van der Waals surface area contributed by atoms with Crippen LogP contribution in [0.3, 0.4) is 0 Å². The Balaban J connectivity index is 2.92. The lowest BCUT2D eigenvalue weighted by molar-refractivity contribution is -0.135. The number of carboxylic acids is 1. The SMILES string of the molecule is Cc1ccc(C(C)C)cc1C(=O)NCC(=O)O. The van der Waals surface area contributed by atoms with Crippen molar-refractivity contribution in [2.75, 3.05) is 6.54 Å². The number of hydrogen-bond acceptors (Lipinski definition) is 2. The van der Waals surface area contributed by atoms with Crippen molar-refractivity contribution in [1.82, 2.24) is 5.32 Å². The summed E-state index contributed by atoms with van der Waals surface area (Å²) in [6.45, 7) is 5.57. The molecule has 0 heterocycles. The minimum Gasteiger partial charge on any atom is -0.480 e. The van der Waals surface area contributed by atoms with Crippen LogP contribution in [0.2, 0.25) is 0 Å². The van der Waals surface area contributed by atoms with Crippen molar-refractivity contribution in [2.45, 2.75) is 26.7 Å². The van der Waals surface area contributed by atoms with E-state index in [0.717, 1.165) is 11.1 Å². The fourth-order valence-electron chi connectivity index (χ4n) is 1.49. The van der Waals surface area contributed by atoms with Gasteiger partial charge in [0.15, 0.2) is 0 Å². The second kappa shape index (κ2) is 5.48. The average molecular weight is 235 g/mol. The van der Waals surface area contributed by atoms with Gasteiger partial charge in [-0.15, -0.1) is 0 Å². The second-order valence-electron chi connectivity index (χ2n) is 4.31. The molecule has 0 spiro atoms. The van der Waals surface area contributed by atoms with E-state index in [-0.39, 0.29) is 12.5 Å². The van der Waals surface area contributed by atoms with Crippen LogP contribution < -0.4 is 5.32 Å². The number of carboxylic acid groups (broad SMARTS) is 1. The van der Waals surface area contributed by atoms with Crippen molar-refractivity contribution in [3.63, 3.8) is 0 Å². The van der Waals surface area contributed by atoms with Crippen LogP contribution in [0.5, 0.6) is 0 Å². The van der Waals surface area contributed by atoms with Gasteiger partial charge in [0.25, 0.3) is 5.91 Å². The maximum Gasteiger partial charge on any atom is 0.322 e. The summed E-state index contributed by atoms with van der Waals surface area (Å²) < 4.78 is 0. The first-order valence-electron chi connectivity index (χ1n) is 5.52. The van der Waals surface area contributed by atoms with Gasteiger partial charge < -0.3 is 10.4 Å². The monoisotopic (exact) mass is 235 g/mol. The van der Waals surface area contributed by atoms with Crippen molar-refractivity contribution in [2.24, 2.45) is 0 Å². The summed E-state index contributed by atoms with van der Waals surface area (Å²) in [5.41, 5.74) is 2.45. The minimum absolute atomic E-state index is 0.335. The number of benzene rings is 1. The number of carbonyl (C=O) groups is 2. The Labute approximate surface area is 101 Å². The zero-order chi connectivity index (χ0) is 13.0. The molecule has 0 aliphatic heterocycles. The molecule has 0 aliphatic carbocycles. The molecule has 0 fully saturated rings. The van der Waals surface area contributed by atoms with Gasteiger partial charge in [-0.1, -0.05) is 26.0 Å². The quantitative estimate of drug-likeness (QED) is 0.838. The molecule has 0 aliphatic rings. The summed E-state index contributed by atoms with van der Waals surface area (Å²) in [6, 6.07) is 5.68. The first kappa shape index (κ1) is 13.2. The summed E-state index contributed by atoms with van der Waals surface area (Å²) in [6.07, 6.45) is 0. The van der Waals surface area contributed by atoms with Crippen LogP contribution in [0.1, 0.15) is 41.3 Å². The predicted molar refractivity (Wildman–Crippen MR) is 65.2 cm³/mol. The second-order valence-corrected chi connectivity index (χ2v) is 4.31. The number of carbonyl (C=O) groups excluding carboxylic acids is 1. The van der Waals surface area contributed by atoms with Crippen LogP contribution in [0.25, 0.3) is 0 Å². The first-order chi connectivity index (χ1) is 7.91. The van der Waals surface area contributed by atoms with Gasteiger partial charge in [0.05, 0.1) is 0 Å². The van der Waals surface area contributed by atoms with Gasteiger partial charge in [0.2, 0.25) is 0 Å². The highest BCUT2D eigenvalue weighted by molar-refractivity contribution is 5.97. The highest BCUT2D eigenvalue weighted by atomic mass is 16.4.